The van der Waals surface area contributed by atoms with Crippen molar-refractivity contribution in [2.45, 2.75) is 13.1 Å². The van der Waals surface area contributed by atoms with Crippen molar-refractivity contribution in [1.29, 1.82) is 0 Å². The van der Waals surface area contributed by atoms with Gasteiger partial charge in [-0.15, -0.1) is 0 Å². The van der Waals surface area contributed by atoms with Gasteiger partial charge in [-0.1, -0.05) is 28.1 Å². The van der Waals surface area contributed by atoms with Gasteiger partial charge in [0.25, 0.3) is 5.91 Å². The van der Waals surface area contributed by atoms with E-state index in [1.807, 2.05) is 31.2 Å². The molecule has 8 heteroatoms. The highest BCUT2D eigenvalue weighted by Gasteiger charge is 2.30. The molecule has 0 N–H and O–H groups in total. The lowest BCUT2D eigenvalue weighted by molar-refractivity contribution is -0.137. The van der Waals surface area contributed by atoms with Crippen LogP contribution in [0.15, 0.2) is 53.0 Å². The molecule has 0 unspecified atom stereocenters. The number of nitrogens with zero attached hydrogens (tertiary/aromatic N) is 3. The van der Waals surface area contributed by atoms with Gasteiger partial charge in [-0.2, -0.15) is 18.3 Å². The summed E-state index contributed by atoms with van der Waals surface area (Å²) >= 11 is 3.39. The Labute approximate surface area is 168 Å². The van der Waals surface area contributed by atoms with Gasteiger partial charge in [-0.3, -0.25) is 14.4 Å². The van der Waals surface area contributed by atoms with Gasteiger partial charge >= 0.3 is 6.18 Å². The van der Waals surface area contributed by atoms with Crippen LogP contribution in [0.4, 0.5) is 19.0 Å². The highest BCUT2D eigenvalue weighted by Crippen LogP contribution is 2.32. The van der Waals surface area contributed by atoms with Crippen molar-refractivity contribution in [2.24, 2.45) is 7.05 Å². The number of halogens is 4. The maximum Gasteiger partial charge on any atom is 0.416 e. The van der Waals surface area contributed by atoms with Gasteiger partial charge in [-0.25, -0.2) is 0 Å². The van der Waals surface area contributed by atoms with Crippen LogP contribution in [0.3, 0.4) is 0 Å². The smallest absolute Gasteiger partial charge is 0.296 e. The van der Waals surface area contributed by atoms with Crippen LogP contribution in [0.25, 0.3) is 11.3 Å². The van der Waals surface area contributed by atoms with Crippen LogP contribution >= 0.6 is 15.9 Å². The minimum absolute atomic E-state index is 0.168. The van der Waals surface area contributed by atoms with E-state index in [0.717, 1.165) is 33.4 Å². The summed E-state index contributed by atoms with van der Waals surface area (Å²) in [6.45, 7) is 1.86. The Morgan fingerprint density at radius 3 is 2.18 bits per heavy atom. The molecule has 0 bridgehead atoms. The number of benzene rings is 2. The first kappa shape index (κ1) is 20.1. The van der Waals surface area contributed by atoms with Gasteiger partial charge in [0, 0.05) is 35.3 Å². The van der Waals surface area contributed by atoms with E-state index in [1.165, 1.54) is 17.0 Å². The van der Waals surface area contributed by atoms with Crippen molar-refractivity contribution < 1.29 is 18.0 Å². The third-order valence-electron chi connectivity index (χ3n) is 4.45. The molecular weight excluding hydrogens is 435 g/mol. The van der Waals surface area contributed by atoms with Gasteiger partial charge in [0.05, 0.1) is 11.3 Å². The zero-order chi connectivity index (χ0) is 20.6. The van der Waals surface area contributed by atoms with Gasteiger partial charge < -0.3 is 0 Å². The average molecular weight is 452 g/mol. The molecule has 2 aromatic carbocycles. The Balaban J connectivity index is 1.93. The van der Waals surface area contributed by atoms with Crippen LogP contribution in [-0.2, 0) is 13.2 Å². The summed E-state index contributed by atoms with van der Waals surface area (Å²) in [5.74, 6) is 0.157. The maximum absolute atomic E-state index is 12.8. The first-order valence-corrected chi connectivity index (χ1v) is 9.13. The minimum atomic E-state index is -4.44. The van der Waals surface area contributed by atoms with Crippen molar-refractivity contribution >= 4 is 27.7 Å². The summed E-state index contributed by atoms with van der Waals surface area (Å²) in [5.41, 5.74) is 1.81. The largest absolute Gasteiger partial charge is 0.416 e. The quantitative estimate of drug-likeness (QED) is 0.530. The number of carbonyl (C=O) groups excluding carboxylic acids is 1. The Hall–Kier alpha value is -2.61. The number of hydrogen-bond acceptors (Lipinski definition) is 2. The lowest BCUT2D eigenvalue weighted by Crippen LogP contribution is -2.28. The summed E-state index contributed by atoms with van der Waals surface area (Å²) < 4.78 is 40.7. The molecule has 1 heterocycles. The van der Waals surface area contributed by atoms with Gasteiger partial charge in [0.2, 0.25) is 0 Å². The molecule has 3 rings (SSSR count). The van der Waals surface area contributed by atoms with E-state index in [-0.39, 0.29) is 5.56 Å². The van der Waals surface area contributed by atoms with Crippen LogP contribution in [0.2, 0.25) is 0 Å². The number of amides is 1. The molecular formula is C20H17BrF3N3O. The van der Waals surface area contributed by atoms with Gasteiger partial charge in [0.1, 0.15) is 5.82 Å². The SMILES string of the molecule is Cc1c(-c2ccc(Br)cc2)nn(C)c1N(C)C(=O)c1ccc(C(F)(F)F)cc1. The lowest BCUT2D eigenvalue weighted by Gasteiger charge is -2.19. The van der Waals surface area contributed by atoms with Crippen LogP contribution in [0.1, 0.15) is 21.5 Å². The molecule has 146 valence electrons. The molecule has 1 amide bonds. The first-order valence-electron chi connectivity index (χ1n) is 8.34. The minimum Gasteiger partial charge on any atom is -0.296 e. The molecule has 0 saturated heterocycles. The first-order chi connectivity index (χ1) is 13.1. The normalized spacial score (nSPS) is 11.5. The van der Waals surface area contributed by atoms with Crippen LogP contribution < -0.4 is 4.90 Å². The van der Waals surface area contributed by atoms with E-state index < -0.39 is 17.6 Å². The van der Waals surface area contributed by atoms with Gasteiger partial charge in [-0.05, 0) is 43.3 Å². The average Bonchev–Trinajstić information content (AvgIpc) is 2.95. The molecule has 0 aliphatic carbocycles. The second-order valence-electron chi connectivity index (χ2n) is 6.37. The van der Waals surface area contributed by atoms with E-state index in [4.69, 9.17) is 0 Å². The van der Waals surface area contributed by atoms with Crippen molar-refractivity contribution in [3.05, 3.63) is 69.7 Å². The maximum atomic E-state index is 12.8. The second-order valence-corrected chi connectivity index (χ2v) is 7.28. The van der Waals surface area contributed by atoms with Gasteiger partial charge in [0.15, 0.2) is 0 Å². The number of aryl methyl sites for hydroxylation is 1. The predicted octanol–water partition coefficient (Wildman–Crippen LogP) is 5.45. The Kier molecular flexibility index (Phi) is 5.34. The Morgan fingerprint density at radius 1 is 1.07 bits per heavy atom. The Morgan fingerprint density at radius 2 is 1.64 bits per heavy atom. The van der Waals surface area contributed by atoms with Crippen molar-refractivity contribution in [2.75, 3.05) is 11.9 Å². The van der Waals surface area contributed by atoms with Crippen molar-refractivity contribution in [1.82, 2.24) is 9.78 Å². The predicted molar refractivity (Wildman–Crippen MR) is 105 cm³/mol. The number of alkyl halides is 3. The molecule has 0 fully saturated rings. The zero-order valence-corrected chi connectivity index (χ0v) is 17.0. The van der Waals surface area contributed by atoms with E-state index >= 15 is 0 Å². The highest BCUT2D eigenvalue weighted by atomic mass is 79.9. The Bertz CT molecular complexity index is 1010. The fraction of sp³-hybridized carbons (Fsp3) is 0.200. The standard InChI is InChI=1S/C20H17BrF3N3O/c1-12-17(13-6-10-16(21)11-7-13)25-27(3)18(12)26(2)19(28)14-4-8-15(9-5-14)20(22,23)24/h4-11H,1-3H3. The van der Waals surface area contributed by atoms with Crippen LogP contribution in [0.5, 0.6) is 0 Å². The molecule has 3 aromatic rings. The monoisotopic (exact) mass is 451 g/mol. The number of rotatable bonds is 3. The van der Waals surface area contributed by atoms with E-state index in [2.05, 4.69) is 21.0 Å². The highest BCUT2D eigenvalue weighted by molar-refractivity contribution is 9.10. The number of aromatic nitrogens is 2. The van der Waals surface area contributed by atoms with Crippen molar-refractivity contribution in [3.63, 3.8) is 0 Å². The van der Waals surface area contributed by atoms with E-state index in [9.17, 15) is 18.0 Å². The number of carbonyl (C=O) groups is 1. The third-order valence-corrected chi connectivity index (χ3v) is 4.97. The summed E-state index contributed by atoms with van der Waals surface area (Å²) in [6, 6.07) is 11.8. The summed E-state index contributed by atoms with van der Waals surface area (Å²) in [7, 11) is 3.30. The molecule has 1 aromatic heterocycles. The zero-order valence-electron chi connectivity index (χ0n) is 15.4. The molecule has 0 radical (unpaired) electrons. The summed E-state index contributed by atoms with van der Waals surface area (Å²) in [5, 5.41) is 4.51. The van der Waals surface area contributed by atoms with Crippen molar-refractivity contribution in [3.8, 4) is 11.3 Å². The molecule has 0 aliphatic rings. The third kappa shape index (κ3) is 3.82. The number of hydrogen-bond donors (Lipinski definition) is 0. The van der Waals surface area contributed by atoms with E-state index in [1.54, 1.807) is 18.8 Å². The summed E-state index contributed by atoms with van der Waals surface area (Å²) in [6.07, 6.45) is -4.44. The fourth-order valence-electron chi connectivity index (χ4n) is 3.06. The molecule has 0 aliphatic heterocycles. The van der Waals surface area contributed by atoms with Crippen LogP contribution in [0, 0.1) is 6.92 Å². The lowest BCUT2D eigenvalue weighted by atomic mass is 10.1. The van der Waals surface area contributed by atoms with E-state index in [0.29, 0.717) is 5.82 Å². The fourth-order valence-corrected chi connectivity index (χ4v) is 3.33. The van der Waals surface area contributed by atoms with Crippen LogP contribution in [-0.4, -0.2) is 22.7 Å². The number of anilines is 1. The molecule has 0 atom stereocenters. The molecule has 0 saturated carbocycles. The molecule has 4 nitrogen and oxygen atoms in total. The molecule has 0 spiro atoms. The second kappa shape index (κ2) is 7.43. The molecule has 28 heavy (non-hydrogen) atoms. The topological polar surface area (TPSA) is 38.1 Å². The summed E-state index contributed by atoms with van der Waals surface area (Å²) in [4.78, 5) is 14.2.